The highest BCUT2D eigenvalue weighted by atomic mass is 35.5. The minimum Gasteiger partial charge on any atom is -0.352 e. The molecule has 0 saturated carbocycles. The van der Waals surface area contributed by atoms with Crippen LogP contribution in [0, 0.1) is 11.8 Å². The predicted molar refractivity (Wildman–Crippen MR) is 108 cm³/mol. The van der Waals surface area contributed by atoms with E-state index in [4.69, 9.17) is 5.73 Å². The second-order valence-corrected chi connectivity index (χ2v) is 7.42. The molecule has 1 atom stereocenters. The zero-order chi connectivity index (χ0) is 20.0. The molecule has 10 heteroatoms. The third-order valence-corrected chi connectivity index (χ3v) is 4.92. The average Bonchev–Trinajstić information content (AvgIpc) is 3.10. The summed E-state index contributed by atoms with van der Waals surface area (Å²) in [5.74, 6) is -0.175. The fourth-order valence-corrected chi connectivity index (χ4v) is 2.96. The van der Waals surface area contributed by atoms with E-state index in [0.717, 1.165) is 12.8 Å². The van der Waals surface area contributed by atoms with Gasteiger partial charge in [-0.2, -0.15) is 5.10 Å². The Morgan fingerprint density at radius 3 is 2.43 bits per heavy atom. The summed E-state index contributed by atoms with van der Waals surface area (Å²) in [6.07, 6.45) is 4.85. The van der Waals surface area contributed by atoms with Crippen LogP contribution in [0.2, 0.25) is 0 Å². The van der Waals surface area contributed by atoms with Crippen LogP contribution >= 0.6 is 12.4 Å². The van der Waals surface area contributed by atoms with E-state index in [1.807, 2.05) is 13.8 Å². The summed E-state index contributed by atoms with van der Waals surface area (Å²) in [5, 5.41) is 9.52. The summed E-state index contributed by atoms with van der Waals surface area (Å²) in [4.78, 5) is 37.9. The Bertz CT molecular complexity index is 670. The van der Waals surface area contributed by atoms with Crippen molar-refractivity contribution in [2.24, 2.45) is 24.6 Å². The number of nitrogens with two attached hydrogens (primary N) is 1. The van der Waals surface area contributed by atoms with Gasteiger partial charge in [0.15, 0.2) is 0 Å². The lowest BCUT2D eigenvalue weighted by atomic mass is 9.96. The van der Waals surface area contributed by atoms with E-state index >= 15 is 0 Å². The molecule has 4 N–H and O–H groups in total. The minimum atomic E-state index is -0.605. The highest BCUT2D eigenvalue weighted by molar-refractivity contribution is 5.93. The van der Waals surface area contributed by atoms with Gasteiger partial charge in [0.25, 0.3) is 5.91 Å². The van der Waals surface area contributed by atoms with Gasteiger partial charge in [-0.25, -0.2) is 0 Å². The van der Waals surface area contributed by atoms with Gasteiger partial charge in [0, 0.05) is 32.9 Å². The monoisotopic (exact) mass is 414 g/mol. The molecule has 0 radical (unpaired) electrons. The van der Waals surface area contributed by atoms with Gasteiger partial charge >= 0.3 is 0 Å². The van der Waals surface area contributed by atoms with Gasteiger partial charge in [-0.1, -0.05) is 13.8 Å². The maximum atomic E-state index is 12.2. The van der Waals surface area contributed by atoms with Gasteiger partial charge < -0.3 is 21.3 Å². The number of hydrogen-bond donors (Lipinski definition) is 3. The highest BCUT2D eigenvalue weighted by Crippen LogP contribution is 2.16. The molecule has 0 unspecified atom stereocenters. The van der Waals surface area contributed by atoms with E-state index in [1.54, 1.807) is 22.8 Å². The molecule has 2 rings (SSSR count). The molecule has 0 aromatic carbocycles. The minimum absolute atomic E-state index is 0. The Hall–Kier alpha value is -2.13. The van der Waals surface area contributed by atoms with Crippen LogP contribution in [0.4, 0.5) is 0 Å². The number of rotatable bonds is 7. The molecule has 1 aromatic rings. The zero-order valence-electron chi connectivity index (χ0n) is 16.7. The van der Waals surface area contributed by atoms with Crippen molar-refractivity contribution in [3.8, 4) is 0 Å². The van der Waals surface area contributed by atoms with E-state index in [2.05, 4.69) is 15.7 Å². The SMILES string of the molecule is CC(C)[C@H](N)C(=O)NCC(=O)N1CCC(CNC(=O)c2cnn(C)c2)CC1.Cl. The van der Waals surface area contributed by atoms with E-state index in [9.17, 15) is 14.4 Å². The number of carbonyl (C=O) groups excluding carboxylic acids is 3. The summed E-state index contributed by atoms with van der Waals surface area (Å²) in [6, 6.07) is -0.605. The molecule has 28 heavy (non-hydrogen) atoms. The van der Waals surface area contributed by atoms with Gasteiger partial charge in [-0.15, -0.1) is 12.4 Å². The number of aryl methyl sites for hydroxylation is 1. The van der Waals surface area contributed by atoms with Gasteiger partial charge in [0.05, 0.1) is 24.3 Å². The van der Waals surface area contributed by atoms with Crippen LogP contribution in [0.3, 0.4) is 0 Å². The largest absolute Gasteiger partial charge is 0.352 e. The van der Waals surface area contributed by atoms with Crippen LogP contribution in [0.5, 0.6) is 0 Å². The number of piperidine rings is 1. The van der Waals surface area contributed by atoms with Crippen molar-refractivity contribution in [3.63, 3.8) is 0 Å². The fourth-order valence-electron chi connectivity index (χ4n) is 2.96. The van der Waals surface area contributed by atoms with Gasteiger partial charge in [0.1, 0.15) is 0 Å². The van der Waals surface area contributed by atoms with E-state index < -0.39 is 6.04 Å². The molecular formula is C18H31ClN6O3. The summed E-state index contributed by atoms with van der Waals surface area (Å²) in [5.41, 5.74) is 6.31. The Kier molecular flexibility index (Phi) is 9.40. The lowest BCUT2D eigenvalue weighted by molar-refractivity contribution is -0.134. The van der Waals surface area contributed by atoms with Crippen molar-refractivity contribution in [2.75, 3.05) is 26.2 Å². The number of halogens is 1. The lowest BCUT2D eigenvalue weighted by Crippen LogP contribution is -2.49. The third kappa shape index (κ3) is 6.79. The summed E-state index contributed by atoms with van der Waals surface area (Å²) < 4.78 is 1.59. The number of aromatic nitrogens is 2. The summed E-state index contributed by atoms with van der Waals surface area (Å²) in [6.45, 7) is 5.53. The summed E-state index contributed by atoms with van der Waals surface area (Å²) in [7, 11) is 1.77. The number of amides is 3. The van der Waals surface area contributed by atoms with Gasteiger partial charge in [-0.3, -0.25) is 19.1 Å². The van der Waals surface area contributed by atoms with Crippen molar-refractivity contribution in [1.29, 1.82) is 0 Å². The van der Waals surface area contributed by atoms with Crippen molar-refractivity contribution in [2.45, 2.75) is 32.7 Å². The number of hydrogen-bond acceptors (Lipinski definition) is 5. The molecule has 2 heterocycles. The van der Waals surface area contributed by atoms with Gasteiger partial charge in [0.2, 0.25) is 11.8 Å². The van der Waals surface area contributed by atoms with E-state index in [1.165, 1.54) is 6.20 Å². The molecule has 1 aliphatic heterocycles. The quantitative estimate of drug-likeness (QED) is 0.575. The maximum absolute atomic E-state index is 12.2. The lowest BCUT2D eigenvalue weighted by Gasteiger charge is -2.32. The zero-order valence-corrected chi connectivity index (χ0v) is 17.5. The molecule has 3 amide bonds. The average molecular weight is 415 g/mol. The second kappa shape index (κ2) is 11.0. The maximum Gasteiger partial charge on any atom is 0.254 e. The molecule has 1 fully saturated rings. The topological polar surface area (TPSA) is 122 Å². The molecule has 0 bridgehead atoms. The van der Waals surface area contributed by atoms with Crippen molar-refractivity contribution in [1.82, 2.24) is 25.3 Å². The van der Waals surface area contributed by atoms with Crippen LogP contribution < -0.4 is 16.4 Å². The van der Waals surface area contributed by atoms with Crippen molar-refractivity contribution >= 4 is 30.1 Å². The molecule has 1 aliphatic rings. The number of nitrogens with zero attached hydrogens (tertiary/aromatic N) is 3. The van der Waals surface area contributed by atoms with E-state index in [-0.39, 0.29) is 42.6 Å². The molecule has 0 aliphatic carbocycles. The molecule has 9 nitrogen and oxygen atoms in total. The van der Waals surface area contributed by atoms with E-state index in [0.29, 0.717) is 31.1 Å². The first kappa shape index (κ1) is 23.9. The van der Waals surface area contributed by atoms with Crippen LogP contribution in [-0.4, -0.2) is 64.6 Å². The Labute approximate surface area is 171 Å². The fraction of sp³-hybridized carbons (Fsp3) is 0.667. The first-order valence-electron chi connectivity index (χ1n) is 9.35. The number of nitrogens with one attached hydrogen (secondary N) is 2. The van der Waals surface area contributed by atoms with Crippen LogP contribution in [-0.2, 0) is 16.6 Å². The first-order chi connectivity index (χ1) is 12.8. The molecule has 0 spiro atoms. The smallest absolute Gasteiger partial charge is 0.254 e. The molecule has 158 valence electrons. The molecule has 1 saturated heterocycles. The highest BCUT2D eigenvalue weighted by Gasteiger charge is 2.24. The number of likely N-dealkylation sites (tertiary alicyclic amines) is 1. The van der Waals surface area contributed by atoms with Crippen LogP contribution in [0.25, 0.3) is 0 Å². The Morgan fingerprint density at radius 1 is 1.25 bits per heavy atom. The normalized spacial score (nSPS) is 15.7. The van der Waals surface area contributed by atoms with Crippen molar-refractivity contribution < 1.29 is 14.4 Å². The first-order valence-corrected chi connectivity index (χ1v) is 9.35. The van der Waals surface area contributed by atoms with Crippen LogP contribution in [0.1, 0.15) is 37.0 Å². The Morgan fingerprint density at radius 2 is 1.89 bits per heavy atom. The molecule has 1 aromatic heterocycles. The predicted octanol–water partition coefficient (Wildman–Crippen LogP) is -0.0902. The van der Waals surface area contributed by atoms with Gasteiger partial charge in [-0.05, 0) is 24.7 Å². The standard InChI is InChI=1S/C18H30N6O3.ClH/c1-12(2)16(19)18(27)21-10-15(25)24-6-4-13(5-7-24)8-20-17(26)14-9-22-23(3)11-14;/h9,11-13,16H,4-8,10,19H2,1-3H3,(H,20,26)(H,21,27);1H/t16-;/m0./s1. The van der Waals surface area contributed by atoms with Crippen LogP contribution in [0.15, 0.2) is 12.4 Å². The third-order valence-electron chi connectivity index (χ3n) is 4.92. The molecular weight excluding hydrogens is 384 g/mol. The number of carbonyl (C=O) groups is 3. The Balaban J connectivity index is 0.00000392. The second-order valence-electron chi connectivity index (χ2n) is 7.42. The summed E-state index contributed by atoms with van der Waals surface area (Å²) >= 11 is 0. The van der Waals surface area contributed by atoms with Crippen molar-refractivity contribution in [3.05, 3.63) is 18.0 Å².